The van der Waals surface area contributed by atoms with Crippen molar-refractivity contribution in [2.45, 2.75) is 18.6 Å². The molecule has 0 radical (unpaired) electrons. The largest absolute Gasteiger partial charge is 0.454 e. The molecular formula is C11H11NO4. The van der Waals surface area contributed by atoms with Crippen molar-refractivity contribution >= 4 is 0 Å². The van der Waals surface area contributed by atoms with Gasteiger partial charge in [-0.3, -0.25) is 0 Å². The summed E-state index contributed by atoms with van der Waals surface area (Å²) in [6.07, 6.45) is -2.30. The molecule has 0 spiro atoms. The number of rotatable bonds is 3. The summed E-state index contributed by atoms with van der Waals surface area (Å²) in [7, 11) is 0. The maximum atomic E-state index is 9.75. The molecular weight excluding hydrogens is 210 g/mol. The molecule has 2 rings (SSSR count). The van der Waals surface area contributed by atoms with Crippen LogP contribution in [0.1, 0.15) is 18.1 Å². The normalized spacial score (nSPS) is 16.6. The highest BCUT2D eigenvalue weighted by Gasteiger charge is 2.21. The lowest BCUT2D eigenvalue weighted by atomic mass is 10.0. The summed E-state index contributed by atoms with van der Waals surface area (Å²) in [4.78, 5) is 0. The van der Waals surface area contributed by atoms with Crippen LogP contribution in [-0.4, -0.2) is 23.1 Å². The Balaban J connectivity index is 2.18. The van der Waals surface area contributed by atoms with Crippen molar-refractivity contribution in [3.05, 3.63) is 23.8 Å². The van der Waals surface area contributed by atoms with Gasteiger partial charge in [-0.25, -0.2) is 0 Å². The summed E-state index contributed by atoms with van der Waals surface area (Å²) in [6, 6.07) is 6.71. The molecule has 1 heterocycles. The molecule has 0 bridgehead atoms. The van der Waals surface area contributed by atoms with E-state index in [0.717, 1.165) is 0 Å². The van der Waals surface area contributed by atoms with Crippen molar-refractivity contribution in [2.75, 3.05) is 6.79 Å². The van der Waals surface area contributed by atoms with Gasteiger partial charge in [-0.2, -0.15) is 5.26 Å². The number of nitrogens with zero attached hydrogens (tertiary/aromatic N) is 1. The molecule has 2 unspecified atom stereocenters. The zero-order valence-electron chi connectivity index (χ0n) is 8.46. The lowest BCUT2D eigenvalue weighted by molar-refractivity contribution is 0.0215. The van der Waals surface area contributed by atoms with Gasteiger partial charge in [0.2, 0.25) is 6.79 Å². The first-order valence-electron chi connectivity index (χ1n) is 4.85. The maximum Gasteiger partial charge on any atom is 0.231 e. The molecule has 0 aromatic heterocycles. The summed E-state index contributed by atoms with van der Waals surface area (Å²) in [5.74, 6) is 1.16. The number of hydrogen-bond donors (Lipinski definition) is 2. The van der Waals surface area contributed by atoms with E-state index >= 15 is 0 Å². The van der Waals surface area contributed by atoms with Crippen molar-refractivity contribution in [3.63, 3.8) is 0 Å². The first-order chi connectivity index (χ1) is 7.72. The molecule has 1 aromatic rings. The lowest BCUT2D eigenvalue weighted by Crippen LogP contribution is -2.17. The second-order valence-electron chi connectivity index (χ2n) is 3.49. The first-order valence-corrected chi connectivity index (χ1v) is 4.85. The van der Waals surface area contributed by atoms with E-state index in [2.05, 4.69) is 0 Å². The number of aliphatic hydroxyl groups is 2. The van der Waals surface area contributed by atoms with Gasteiger partial charge in [0.1, 0.15) is 6.10 Å². The van der Waals surface area contributed by atoms with E-state index in [1.165, 1.54) is 0 Å². The molecule has 2 N–H and O–H groups in total. The molecule has 0 amide bonds. The van der Waals surface area contributed by atoms with Gasteiger partial charge in [-0.1, -0.05) is 6.07 Å². The standard InChI is InChI=1S/C11H11NO4/c12-4-3-8(13)11(14)7-1-2-9-10(5-7)16-6-15-9/h1-2,5,8,11,13-14H,3,6H2. The Morgan fingerprint density at radius 1 is 1.31 bits per heavy atom. The molecule has 1 aliphatic rings. The van der Waals surface area contributed by atoms with Crippen molar-refractivity contribution in [2.24, 2.45) is 0 Å². The molecule has 1 aromatic carbocycles. The fourth-order valence-electron chi connectivity index (χ4n) is 1.52. The van der Waals surface area contributed by atoms with Crippen LogP contribution in [0.5, 0.6) is 11.5 Å². The van der Waals surface area contributed by atoms with Gasteiger partial charge in [-0.05, 0) is 17.7 Å². The molecule has 16 heavy (non-hydrogen) atoms. The highest BCUT2D eigenvalue weighted by atomic mass is 16.7. The smallest absolute Gasteiger partial charge is 0.231 e. The molecule has 5 nitrogen and oxygen atoms in total. The van der Waals surface area contributed by atoms with Gasteiger partial charge in [0.05, 0.1) is 18.6 Å². The van der Waals surface area contributed by atoms with Crippen LogP contribution in [0, 0.1) is 11.3 Å². The van der Waals surface area contributed by atoms with Gasteiger partial charge >= 0.3 is 0 Å². The van der Waals surface area contributed by atoms with E-state index in [0.29, 0.717) is 17.1 Å². The monoisotopic (exact) mass is 221 g/mol. The average Bonchev–Trinajstić information content (AvgIpc) is 2.75. The molecule has 2 atom stereocenters. The summed E-state index contributed by atoms with van der Waals surface area (Å²) >= 11 is 0. The highest BCUT2D eigenvalue weighted by Crippen LogP contribution is 2.34. The quantitative estimate of drug-likeness (QED) is 0.785. The lowest BCUT2D eigenvalue weighted by Gasteiger charge is -2.15. The van der Waals surface area contributed by atoms with Crippen molar-refractivity contribution in [1.82, 2.24) is 0 Å². The Morgan fingerprint density at radius 2 is 2.06 bits per heavy atom. The number of ether oxygens (including phenoxy) is 2. The third-order valence-corrected chi connectivity index (χ3v) is 2.40. The maximum absolute atomic E-state index is 9.75. The van der Waals surface area contributed by atoms with Gasteiger partial charge in [0.25, 0.3) is 0 Å². The van der Waals surface area contributed by atoms with E-state index in [4.69, 9.17) is 14.7 Å². The van der Waals surface area contributed by atoms with E-state index < -0.39 is 12.2 Å². The summed E-state index contributed by atoms with van der Waals surface area (Å²) in [5.41, 5.74) is 0.506. The zero-order chi connectivity index (χ0) is 11.5. The number of hydrogen-bond acceptors (Lipinski definition) is 5. The molecule has 0 aliphatic carbocycles. The van der Waals surface area contributed by atoms with Crippen molar-refractivity contribution in [3.8, 4) is 17.6 Å². The Morgan fingerprint density at radius 3 is 2.81 bits per heavy atom. The molecule has 0 fully saturated rings. The van der Waals surface area contributed by atoms with E-state index in [9.17, 15) is 10.2 Å². The molecule has 5 heteroatoms. The van der Waals surface area contributed by atoms with Crippen LogP contribution < -0.4 is 9.47 Å². The third-order valence-electron chi connectivity index (χ3n) is 2.40. The Bertz CT molecular complexity index is 426. The van der Waals surface area contributed by atoms with E-state index in [1.807, 2.05) is 0 Å². The first kappa shape index (κ1) is 10.7. The molecule has 0 saturated carbocycles. The number of fused-ring (bicyclic) bond motifs is 1. The van der Waals surface area contributed by atoms with Crippen molar-refractivity contribution < 1.29 is 19.7 Å². The topological polar surface area (TPSA) is 82.7 Å². The predicted octanol–water partition coefficient (Wildman–Crippen LogP) is 0.723. The van der Waals surface area contributed by atoms with Gasteiger partial charge in [0.15, 0.2) is 11.5 Å². The van der Waals surface area contributed by atoms with Crippen molar-refractivity contribution in [1.29, 1.82) is 5.26 Å². The van der Waals surface area contributed by atoms with Crippen LogP contribution in [-0.2, 0) is 0 Å². The minimum atomic E-state index is -1.09. The Hall–Kier alpha value is -1.77. The third kappa shape index (κ3) is 1.94. The summed E-state index contributed by atoms with van der Waals surface area (Å²) < 4.78 is 10.3. The van der Waals surface area contributed by atoms with Crippen LogP contribution in [0.2, 0.25) is 0 Å². The second kappa shape index (κ2) is 4.39. The molecule has 0 saturated heterocycles. The second-order valence-corrected chi connectivity index (χ2v) is 3.49. The fraction of sp³-hybridized carbons (Fsp3) is 0.364. The fourth-order valence-corrected chi connectivity index (χ4v) is 1.52. The molecule has 1 aliphatic heterocycles. The minimum Gasteiger partial charge on any atom is -0.454 e. The van der Waals surface area contributed by atoms with Gasteiger partial charge < -0.3 is 19.7 Å². The number of benzene rings is 1. The SMILES string of the molecule is N#CCC(O)C(O)c1ccc2c(c1)OCO2. The predicted molar refractivity (Wildman–Crippen MR) is 53.8 cm³/mol. The van der Waals surface area contributed by atoms with Crippen LogP contribution >= 0.6 is 0 Å². The highest BCUT2D eigenvalue weighted by molar-refractivity contribution is 5.45. The number of aliphatic hydroxyl groups excluding tert-OH is 2. The van der Waals surface area contributed by atoms with Crippen LogP contribution in [0.3, 0.4) is 0 Å². The Labute approximate surface area is 92.5 Å². The van der Waals surface area contributed by atoms with E-state index in [-0.39, 0.29) is 13.2 Å². The van der Waals surface area contributed by atoms with Gasteiger partial charge in [-0.15, -0.1) is 0 Å². The number of nitriles is 1. The van der Waals surface area contributed by atoms with Crippen LogP contribution in [0.4, 0.5) is 0 Å². The van der Waals surface area contributed by atoms with Crippen LogP contribution in [0.25, 0.3) is 0 Å². The minimum absolute atomic E-state index is 0.115. The summed E-state index contributed by atoms with van der Waals surface area (Å²) in [5, 5.41) is 27.7. The molecule has 84 valence electrons. The Kier molecular flexibility index (Phi) is 2.95. The zero-order valence-corrected chi connectivity index (χ0v) is 8.46. The average molecular weight is 221 g/mol. The van der Waals surface area contributed by atoms with E-state index in [1.54, 1.807) is 24.3 Å². The van der Waals surface area contributed by atoms with Gasteiger partial charge in [0, 0.05) is 0 Å². The summed E-state index contributed by atoms with van der Waals surface area (Å²) in [6.45, 7) is 0.162. The van der Waals surface area contributed by atoms with Crippen LogP contribution in [0.15, 0.2) is 18.2 Å².